The van der Waals surface area contributed by atoms with Crippen LogP contribution >= 0.6 is 0 Å². The molecule has 3 heteroatoms. The molecule has 0 fully saturated rings. The van der Waals surface area contributed by atoms with Gasteiger partial charge in [0.05, 0.1) is 0 Å². The summed E-state index contributed by atoms with van der Waals surface area (Å²) in [6, 6.07) is 0.569. The van der Waals surface area contributed by atoms with E-state index in [4.69, 9.17) is 5.11 Å². The van der Waals surface area contributed by atoms with Crippen LogP contribution in [0.5, 0.6) is 0 Å². The lowest BCUT2D eigenvalue weighted by atomic mass is 10.0. The quantitative estimate of drug-likeness (QED) is 0.592. The van der Waals surface area contributed by atoms with E-state index in [-0.39, 0.29) is 0 Å². The molecule has 0 aliphatic heterocycles. The van der Waals surface area contributed by atoms with Crippen LogP contribution in [0.4, 0.5) is 0 Å². The molecule has 0 spiro atoms. The van der Waals surface area contributed by atoms with Gasteiger partial charge in [-0.3, -0.25) is 4.79 Å². The van der Waals surface area contributed by atoms with Crippen LogP contribution in [-0.4, -0.2) is 23.7 Å². The first kappa shape index (κ1) is 13.4. The highest BCUT2D eigenvalue weighted by molar-refractivity contribution is 5.66. The molecule has 14 heavy (non-hydrogen) atoms. The molecular formula is C11H23NO2. The average molecular weight is 201 g/mol. The third kappa shape index (κ3) is 6.89. The lowest BCUT2D eigenvalue weighted by Crippen LogP contribution is -2.33. The summed E-state index contributed by atoms with van der Waals surface area (Å²) in [6.07, 6.45) is 3.16. The van der Waals surface area contributed by atoms with E-state index >= 15 is 0 Å². The summed E-state index contributed by atoms with van der Waals surface area (Å²) < 4.78 is 0. The van der Waals surface area contributed by atoms with Gasteiger partial charge in [-0.2, -0.15) is 0 Å². The molecule has 3 nitrogen and oxygen atoms in total. The minimum atomic E-state index is -0.694. The summed E-state index contributed by atoms with van der Waals surface area (Å²) in [5.74, 6) is -0.0413. The number of unbranched alkanes of at least 4 members (excludes halogenated alkanes) is 1. The summed E-state index contributed by atoms with van der Waals surface area (Å²) in [5, 5.41) is 11.9. The fraction of sp³-hybridized carbons (Fsp3) is 0.909. The summed E-state index contributed by atoms with van der Waals surface area (Å²) in [5.41, 5.74) is 0. The lowest BCUT2D eigenvalue weighted by Gasteiger charge is -2.20. The van der Waals surface area contributed by atoms with Crippen LogP contribution in [0.2, 0.25) is 0 Å². The van der Waals surface area contributed by atoms with E-state index in [1.807, 2.05) is 0 Å². The third-order valence-electron chi connectivity index (χ3n) is 2.47. The highest BCUT2D eigenvalue weighted by atomic mass is 16.4. The lowest BCUT2D eigenvalue weighted by molar-refractivity contribution is -0.137. The zero-order valence-corrected chi connectivity index (χ0v) is 9.55. The van der Waals surface area contributed by atoms with Crippen molar-refractivity contribution in [1.82, 2.24) is 5.32 Å². The molecule has 0 rings (SSSR count). The molecule has 1 unspecified atom stereocenters. The molecule has 0 saturated heterocycles. The van der Waals surface area contributed by atoms with Gasteiger partial charge in [0.15, 0.2) is 0 Å². The SMILES string of the molecule is CCC(NCCCCC(=O)O)C(C)C. The Morgan fingerprint density at radius 2 is 2.00 bits per heavy atom. The molecule has 0 aromatic carbocycles. The van der Waals surface area contributed by atoms with Gasteiger partial charge < -0.3 is 10.4 Å². The van der Waals surface area contributed by atoms with Gasteiger partial charge in [0.1, 0.15) is 0 Å². The van der Waals surface area contributed by atoms with Crippen LogP contribution in [-0.2, 0) is 4.79 Å². The molecule has 0 aromatic rings. The number of carboxylic acid groups (broad SMARTS) is 1. The maximum absolute atomic E-state index is 10.2. The predicted octanol–water partition coefficient (Wildman–Crippen LogP) is 2.27. The topological polar surface area (TPSA) is 49.3 Å². The number of carboxylic acids is 1. The molecule has 1 atom stereocenters. The molecule has 0 aliphatic carbocycles. The van der Waals surface area contributed by atoms with Crippen molar-refractivity contribution in [2.24, 2.45) is 5.92 Å². The third-order valence-corrected chi connectivity index (χ3v) is 2.47. The molecule has 84 valence electrons. The summed E-state index contributed by atoms with van der Waals surface area (Å²) in [7, 11) is 0. The number of carbonyl (C=O) groups is 1. The van der Waals surface area contributed by atoms with Gasteiger partial charge in [-0.1, -0.05) is 20.8 Å². The molecule has 0 aliphatic rings. The maximum atomic E-state index is 10.2. The zero-order valence-electron chi connectivity index (χ0n) is 9.55. The van der Waals surface area contributed by atoms with Gasteiger partial charge >= 0.3 is 5.97 Å². The second kappa shape index (κ2) is 7.80. The second-order valence-corrected chi connectivity index (χ2v) is 4.06. The molecule has 0 aromatic heterocycles. The van der Waals surface area contributed by atoms with Crippen molar-refractivity contribution in [3.63, 3.8) is 0 Å². The van der Waals surface area contributed by atoms with Crippen LogP contribution < -0.4 is 5.32 Å². The van der Waals surface area contributed by atoms with Crippen molar-refractivity contribution >= 4 is 5.97 Å². The van der Waals surface area contributed by atoms with Crippen molar-refractivity contribution in [1.29, 1.82) is 0 Å². The smallest absolute Gasteiger partial charge is 0.303 e. The molecule has 0 saturated carbocycles. The van der Waals surface area contributed by atoms with Gasteiger partial charge in [0, 0.05) is 12.5 Å². The Labute approximate surface area is 86.9 Å². The molecule has 2 N–H and O–H groups in total. The number of rotatable bonds is 8. The van der Waals surface area contributed by atoms with E-state index in [9.17, 15) is 4.79 Å². The Bertz CT molecular complexity index is 157. The van der Waals surface area contributed by atoms with Crippen molar-refractivity contribution in [3.05, 3.63) is 0 Å². The first-order chi connectivity index (χ1) is 6.57. The Hall–Kier alpha value is -0.570. The maximum Gasteiger partial charge on any atom is 0.303 e. The first-order valence-corrected chi connectivity index (χ1v) is 5.53. The highest BCUT2D eigenvalue weighted by Gasteiger charge is 2.08. The Morgan fingerprint density at radius 1 is 1.36 bits per heavy atom. The molecular weight excluding hydrogens is 178 g/mol. The van der Waals surface area contributed by atoms with Crippen LogP contribution in [0.25, 0.3) is 0 Å². The van der Waals surface area contributed by atoms with Gasteiger partial charge in [0.25, 0.3) is 0 Å². The van der Waals surface area contributed by atoms with Gasteiger partial charge in [-0.05, 0) is 31.7 Å². The zero-order chi connectivity index (χ0) is 11.0. The fourth-order valence-corrected chi connectivity index (χ4v) is 1.54. The summed E-state index contributed by atoms with van der Waals surface area (Å²) >= 11 is 0. The second-order valence-electron chi connectivity index (χ2n) is 4.06. The van der Waals surface area contributed by atoms with Crippen LogP contribution in [0.1, 0.15) is 46.5 Å². The standard InChI is InChI=1S/C11H23NO2/c1-4-10(9(2)3)12-8-6-5-7-11(13)14/h9-10,12H,4-8H2,1-3H3,(H,13,14). The van der Waals surface area contributed by atoms with Gasteiger partial charge in [-0.25, -0.2) is 0 Å². The van der Waals surface area contributed by atoms with Crippen LogP contribution in [0.15, 0.2) is 0 Å². The molecule has 0 bridgehead atoms. The van der Waals surface area contributed by atoms with E-state index < -0.39 is 5.97 Å². The van der Waals surface area contributed by atoms with Crippen molar-refractivity contribution in [2.75, 3.05) is 6.54 Å². The Kier molecular flexibility index (Phi) is 7.48. The van der Waals surface area contributed by atoms with Gasteiger partial charge in [-0.15, -0.1) is 0 Å². The van der Waals surface area contributed by atoms with Crippen molar-refractivity contribution in [2.45, 2.75) is 52.5 Å². The number of nitrogens with one attached hydrogen (secondary N) is 1. The van der Waals surface area contributed by atoms with E-state index in [1.165, 1.54) is 0 Å². The largest absolute Gasteiger partial charge is 0.481 e. The highest BCUT2D eigenvalue weighted by Crippen LogP contribution is 2.05. The number of hydrogen-bond acceptors (Lipinski definition) is 2. The number of hydrogen-bond donors (Lipinski definition) is 2. The monoisotopic (exact) mass is 201 g/mol. The van der Waals surface area contributed by atoms with Crippen LogP contribution in [0.3, 0.4) is 0 Å². The Balaban J connectivity index is 3.38. The van der Waals surface area contributed by atoms with E-state index in [1.54, 1.807) is 0 Å². The minimum absolute atomic E-state index is 0.292. The minimum Gasteiger partial charge on any atom is -0.481 e. The molecule has 0 radical (unpaired) electrons. The normalized spacial score (nSPS) is 13.1. The van der Waals surface area contributed by atoms with Crippen LogP contribution in [0, 0.1) is 5.92 Å². The van der Waals surface area contributed by atoms with E-state index in [0.717, 1.165) is 25.8 Å². The van der Waals surface area contributed by atoms with Crippen molar-refractivity contribution < 1.29 is 9.90 Å². The molecule has 0 heterocycles. The van der Waals surface area contributed by atoms with Gasteiger partial charge in [0.2, 0.25) is 0 Å². The average Bonchev–Trinajstić information content (AvgIpc) is 2.10. The fourth-order valence-electron chi connectivity index (χ4n) is 1.54. The summed E-state index contributed by atoms with van der Waals surface area (Å²) in [6.45, 7) is 7.52. The number of aliphatic carboxylic acids is 1. The van der Waals surface area contributed by atoms with Crippen molar-refractivity contribution in [3.8, 4) is 0 Å². The predicted molar refractivity (Wildman–Crippen MR) is 58.4 cm³/mol. The first-order valence-electron chi connectivity index (χ1n) is 5.53. The molecule has 0 amide bonds. The Morgan fingerprint density at radius 3 is 2.43 bits per heavy atom. The van der Waals surface area contributed by atoms with E-state index in [2.05, 4.69) is 26.1 Å². The summed E-state index contributed by atoms with van der Waals surface area (Å²) in [4.78, 5) is 10.2. The van der Waals surface area contributed by atoms with E-state index in [0.29, 0.717) is 18.4 Å².